The van der Waals surface area contributed by atoms with Crippen LogP contribution in [0, 0.1) is 5.82 Å². The van der Waals surface area contributed by atoms with Crippen LogP contribution in [0.4, 0.5) is 42.6 Å². The second-order valence-electron chi connectivity index (χ2n) is 15.2. The third-order valence-electron chi connectivity index (χ3n) is 10.2. The summed E-state index contributed by atoms with van der Waals surface area (Å²) >= 11 is 6.47. The molecule has 0 radical (unpaired) electrons. The molecule has 0 aliphatic rings. The molecule has 0 aliphatic carbocycles. The van der Waals surface area contributed by atoms with Crippen LogP contribution >= 0.6 is 11.6 Å². The number of nitrogens with zero attached hydrogens (tertiary/aromatic N) is 6. The van der Waals surface area contributed by atoms with Crippen molar-refractivity contribution in [2.24, 2.45) is 0 Å². The van der Waals surface area contributed by atoms with Gasteiger partial charge >= 0.3 is 24.5 Å². The molecule has 0 N–H and O–H groups in total. The Morgan fingerprint density at radius 2 is 1.03 bits per heavy atom. The highest BCUT2D eigenvalue weighted by molar-refractivity contribution is 6.32. The van der Waals surface area contributed by atoms with Crippen molar-refractivity contribution < 1.29 is 59.3 Å². The lowest BCUT2D eigenvalue weighted by Crippen LogP contribution is -2.27. The van der Waals surface area contributed by atoms with Crippen LogP contribution < -0.4 is 24.0 Å². The maximum absolute atomic E-state index is 15.1. The lowest BCUT2D eigenvalue weighted by atomic mass is 10.1. The molecule has 2 heterocycles. The fourth-order valence-corrected chi connectivity index (χ4v) is 6.80. The van der Waals surface area contributed by atoms with E-state index >= 15 is 4.39 Å². The van der Waals surface area contributed by atoms with Crippen LogP contribution in [0.15, 0.2) is 110 Å². The van der Waals surface area contributed by atoms with Crippen LogP contribution in [0.1, 0.15) is 52.8 Å². The van der Waals surface area contributed by atoms with E-state index in [0.29, 0.717) is 48.0 Å². The number of hydrogen-bond acceptors (Lipinski definition) is 12. The Morgan fingerprint density at radius 1 is 0.588 bits per heavy atom. The first-order valence-electron chi connectivity index (χ1n) is 21.1. The molecule has 0 fully saturated rings. The van der Waals surface area contributed by atoms with Crippen LogP contribution in [0.25, 0.3) is 0 Å². The van der Waals surface area contributed by atoms with E-state index in [2.05, 4.69) is 24.7 Å². The van der Waals surface area contributed by atoms with Crippen molar-refractivity contribution in [3.63, 3.8) is 0 Å². The van der Waals surface area contributed by atoms with Crippen molar-refractivity contribution in [2.75, 3.05) is 36.1 Å². The van der Waals surface area contributed by atoms with Gasteiger partial charge in [-0.3, -0.25) is 0 Å². The summed E-state index contributed by atoms with van der Waals surface area (Å²) in [6.45, 7) is 3.53. The molecule has 2 aromatic heterocycles. The van der Waals surface area contributed by atoms with Crippen molar-refractivity contribution in [3.05, 3.63) is 160 Å². The summed E-state index contributed by atoms with van der Waals surface area (Å²) in [5.41, 5.74) is 3.63. The van der Waals surface area contributed by atoms with E-state index in [1.165, 1.54) is 54.6 Å². The van der Waals surface area contributed by atoms with Gasteiger partial charge in [-0.1, -0.05) is 61.8 Å². The number of carbonyl (C=O) groups excluding carboxylic acids is 2. The molecule has 0 unspecified atom stereocenters. The summed E-state index contributed by atoms with van der Waals surface area (Å²) in [7, 11) is 0. The fraction of sp³-hybridized carbons (Fsp3) is 0.292. The van der Waals surface area contributed by atoms with Gasteiger partial charge in [-0.15, -0.1) is 13.2 Å². The van der Waals surface area contributed by atoms with Gasteiger partial charge in [0.1, 0.15) is 11.5 Å². The predicted octanol–water partition coefficient (Wildman–Crippen LogP) is 10.1. The molecule has 0 bridgehead atoms. The largest absolute Gasteiger partial charge is 0.573 e. The van der Waals surface area contributed by atoms with Gasteiger partial charge in [-0.05, 0) is 108 Å². The summed E-state index contributed by atoms with van der Waals surface area (Å²) < 4.78 is 112. The lowest BCUT2D eigenvalue weighted by Gasteiger charge is -2.23. The molecule has 358 valence electrons. The Morgan fingerprint density at radius 3 is 1.47 bits per heavy atom. The summed E-state index contributed by atoms with van der Waals surface area (Å²) in [5, 5.41) is 0.157. The van der Waals surface area contributed by atoms with E-state index in [1.54, 1.807) is 47.9 Å². The minimum Gasteiger partial charge on any atom is -0.480 e. The summed E-state index contributed by atoms with van der Waals surface area (Å²) in [5.74, 6) is -2.71. The van der Waals surface area contributed by atoms with E-state index in [1.807, 2.05) is 18.7 Å². The molecule has 12 nitrogen and oxygen atoms in total. The highest BCUT2D eigenvalue weighted by atomic mass is 35.5. The first-order chi connectivity index (χ1) is 32.4. The zero-order valence-corrected chi connectivity index (χ0v) is 37.4. The van der Waals surface area contributed by atoms with E-state index in [4.69, 9.17) is 25.8 Å². The first-order valence-corrected chi connectivity index (χ1v) is 21.5. The van der Waals surface area contributed by atoms with Gasteiger partial charge in [-0.25, -0.2) is 33.9 Å². The average molecular weight is 969 g/mol. The molecule has 0 saturated heterocycles. The van der Waals surface area contributed by atoms with Crippen molar-refractivity contribution in [3.8, 4) is 17.2 Å². The van der Waals surface area contributed by atoms with Gasteiger partial charge < -0.3 is 28.7 Å². The van der Waals surface area contributed by atoms with Crippen molar-refractivity contribution in [1.29, 1.82) is 0 Å². The number of aryl methyl sites for hydroxylation is 2. The van der Waals surface area contributed by atoms with E-state index in [0.717, 1.165) is 35.2 Å². The Kier molecular flexibility index (Phi) is 17.1. The number of halogens is 8. The number of carbonyl (C=O) groups is 2. The van der Waals surface area contributed by atoms with Crippen LogP contribution in [-0.2, 0) is 59.3 Å². The first kappa shape index (κ1) is 50.4. The standard InChI is InChI=1S/C48H44ClF7N6O6/c1-3-31-23-57-45(58-24-31)61(28-36-7-13-38(14-8-36)68-48(54,55)56)19-17-33-9-15-41(39(49)21-33)65-29-43(63)67-44(64)30-66-42-16-10-34(22-40(42)50)18-20-62(46-59-25-32(4-2)26-60-46)27-35-5-11-37(12-6-35)47(51,52)53/h5-16,21-26H,3-4,17-20,27-30H2,1-2H3. The second kappa shape index (κ2) is 23.1. The smallest absolute Gasteiger partial charge is 0.480 e. The van der Waals surface area contributed by atoms with Gasteiger partial charge in [0.15, 0.2) is 24.8 Å². The fourth-order valence-electron chi connectivity index (χ4n) is 6.54. The van der Waals surface area contributed by atoms with E-state index < -0.39 is 49.1 Å². The van der Waals surface area contributed by atoms with Crippen LogP contribution in [0.5, 0.6) is 17.2 Å². The third-order valence-corrected chi connectivity index (χ3v) is 10.5. The SMILES string of the molecule is CCc1cnc(N(CCc2ccc(OCC(=O)OC(=O)COc3ccc(CCN(Cc4ccc(OC(F)(F)F)cc4)c4ncc(CC)cn4)cc3Cl)c(F)c2)Cc2ccc(C(F)(F)F)cc2)nc1. The van der Waals surface area contributed by atoms with E-state index in [9.17, 15) is 35.9 Å². The molecule has 68 heavy (non-hydrogen) atoms. The molecule has 6 rings (SSSR count). The minimum absolute atomic E-state index is 0.124. The minimum atomic E-state index is -4.81. The number of esters is 2. The molecule has 4 aromatic carbocycles. The van der Waals surface area contributed by atoms with Crippen LogP contribution in [-0.4, -0.2) is 64.5 Å². The van der Waals surface area contributed by atoms with E-state index in [-0.39, 0.29) is 48.3 Å². The Hall–Kier alpha value is -7.02. The topological polar surface area (TPSA) is 129 Å². The van der Waals surface area contributed by atoms with Gasteiger partial charge in [0.2, 0.25) is 11.9 Å². The molecule has 0 atom stereocenters. The zero-order chi connectivity index (χ0) is 48.8. The van der Waals surface area contributed by atoms with Gasteiger partial charge in [0.05, 0.1) is 10.6 Å². The molecule has 0 amide bonds. The number of ether oxygens (including phenoxy) is 4. The van der Waals surface area contributed by atoms with Crippen LogP contribution in [0.3, 0.4) is 0 Å². The maximum atomic E-state index is 15.1. The number of hydrogen-bond donors (Lipinski definition) is 0. The monoisotopic (exact) mass is 968 g/mol. The molecular weight excluding hydrogens is 925 g/mol. The maximum Gasteiger partial charge on any atom is 0.573 e. The third kappa shape index (κ3) is 15.3. The number of aromatic nitrogens is 4. The van der Waals surface area contributed by atoms with Crippen molar-refractivity contribution >= 4 is 35.4 Å². The Balaban J connectivity index is 0.972. The molecular formula is C48H44ClF7N6O6. The number of rotatable bonds is 21. The number of alkyl halides is 6. The highest BCUT2D eigenvalue weighted by Crippen LogP contribution is 2.30. The number of benzene rings is 4. The molecule has 0 aliphatic heterocycles. The predicted molar refractivity (Wildman–Crippen MR) is 237 cm³/mol. The van der Waals surface area contributed by atoms with Crippen LogP contribution in [0.2, 0.25) is 5.02 Å². The van der Waals surface area contributed by atoms with Gasteiger partial charge in [-0.2, -0.15) is 13.2 Å². The molecule has 6 aromatic rings. The van der Waals surface area contributed by atoms with Crippen molar-refractivity contribution in [2.45, 2.75) is 65.2 Å². The quantitative estimate of drug-likeness (QED) is 0.0387. The summed E-state index contributed by atoms with van der Waals surface area (Å²) in [6.07, 6.45) is -0.400. The summed E-state index contributed by atoms with van der Waals surface area (Å²) in [4.78, 5) is 46.3. The molecule has 20 heteroatoms. The normalized spacial score (nSPS) is 11.5. The molecule has 0 saturated carbocycles. The highest BCUT2D eigenvalue weighted by Gasteiger charge is 2.31. The Labute approximate surface area is 391 Å². The summed E-state index contributed by atoms with van der Waals surface area (Å²) in [6, 6.07) is 19.2. The van der Waals surface area contributed by atoms with Crippen molar-refractivity contribution in [1.82, 2.24) is 19.9 Å². The van der Waals surface area contributed by atoms with Gasteiger partial charge in [0.25, 0.3) is 0 Å². The molecule has 0 spiro atoms. The Bertz CT molecular complexity index is 2600. The lowest BCUT2D eigenvalue weighted by molar-refractivity contribution is -0.274. The number of anilines is 2. The second-order valence-corrected chi connectivity index (χ2v) is 15.6. The zero-order valence-electron chi connectivity index (χ0n) is 36.6. The van der Waals surface area contributed by atoms with Gasteiger partial charge in [0, 0.05) is 51.0 Å². The average Bonchev–Trinajstić information content (AvgIpc) is 3.31.